The van der Waals surface area contributed by atoms with Gasteiger partial charge in [0.1, 0.15) is 11.5 Å². The maximum Gasteiger partial charge on any atom is 0.341 e. The van der Waals surface area contributed by atoms with Gasteiger partial charge in [0.15, 0.2) is 6.61 Å². The molecule has 2 aromatic rings. The molecule has 0 amide bonds. The highest BCUT2D eigenvalue weighted by Crippen LogP contribution is 2.38. The van der Waals surface area contributed by atoms with Crippen molar-refractivity contribution in [2.24, 2.45) is 0 Å². The van der Waals surface area contributed by atoms with Gasteiger partial charge in [-0.1, -0.05) is 12.1 Å². The van der Waals surface area contributed by atoms with E-state index in [1.807, 2.05) is 30.0 Å². The second-order valence-electron chi connectivity index (χ2n) is 6.05. The van der Waals surface area contributed by atoms with Gasteiger partial charge in [-0.25, -0.2) is 4.79 Å². The smallest absolute Gasteiger partial charge is 0.341 e. The summed E-state index contributed by atoms with van der Waals surface area (Å²) in [4.78, 5) is 12.0. The molecule has 0 unspecified atom stereocenters. The summed E-state index contributed by atoms with van der Waals surface area (Å²) in [6.07, 6.45) is 4.28. The Morgan fingerprint density at radius 2 is 1.96 bits per heavy atom. The first-order valence-electron chi connectivity index (χ1n) is 8.42. The van der Waals surface area contributed by atoms with Gasteiger partial charge in [-0.2, -0.15) is 0 Å². The highest BCUT2D eigenvalue weighted by Gasteiger charge is 2.18. The minimum Gasteiger partial charge on any atom is -0.497 e. The van der Waals surface area contributed by atoms with Crippen molar-refractivity contribution < 1.29 is 19.4 Å². The molecule has 2 aromatic carbocycles. The molecule has 0 aromatic heterocycles. The van der Waals surface area contributed by atoms with Crippen LogP contribution < -0.4 is 9.47 Å². The Morgan fingerprint density at radius 1 is 1.16 bits per heavy atom. The van der Waals surface area contributed by atoms with Gasteiger partial charge in [0.05, 0.1) is 7.11 Å². The van der Waals surface area contributed by atoms with Crippen LogP contribution in [0.2, 0.25) is 0 Å². The van der Waals surface area contributed by atoms with Crippen LogP contribution in [-0.2, 0) is 23.4 Å². The number of hydrogen-bond donors (Lipinski definition) is 1. The second kappa shape index (κ2) is 8.30. The zero-order chi connectivity index (χ0) is 17.6. The first-order valence-corrected chi connectivity index (χ1v) is 9.41. The molecular formula is C20H22O4S. The fraction of sp³-hybridized carbons (Fsp3) is 0.350. The molecule has 0 fully saturated rings. The van der Waals surface area contributed by atoms with Crippen LogP contribution in [0, 0.1) is 0 Å². The van der Waals surface area contributed by atoms with E-state index in [9.17, 15) is 4.79 Å². The van der Waals surface area contributed by atoms with E-state index in [1.165, 1.54) is 28.0 Å². The van der Waals surface area contributed by atoms with Crippen LogP contribution in [0.4, 0.5) is 0 Å². The van der Waals surface area contributed by atoms with Crippen LogP contribution in [0.25, 0.3) is 0 Å². The molecule has 3 rings (SSSR count). The summed E-state index contributed by atoms with van der Waals surface area (Å²) in [5, 5.41) is 8.85. The third kappa shape index (κ3) is 4.48. The number of benzene rings is 2. The molecule has 0 spiro atoms. The standard InChI is InChI=1S/C20H22O4S/c1-23-15-6-4-5-14(11-15)13-25-19-10-9-18(24-12-20(21)22)16-7-2-3-8-17(16)19/h4-6,9-11H,2-3,7-8,12-13H2,1H3,(H,21,22). The van der Waals surface area contributed by atoms with Crippen molar-refractivity contribution in [2.75, 3.05) is 13.7 Å². The van der Waals surface area contributed by atoms with E-state index in [0.717, 1.165) is 36.5 Å². The quantitative estimate of drug-likeness (QED) is 0.747. The van der Waals surface area contributed by atoms with Crippen molar-refractivity contribution in [3.05, 3.63) is 53.1 Å². The van der Waals surface area contributed by atoms with Crippen molar-refractivity contribution in [3.63, 3.8) is 0 Å². The lowest BCUT2D eigenvalue weighted by Gasteiger charge is -2.22. The SMILES string of the molecule is COc1cccc(CSc2ccc(OCC(=O)O)c3c2CCCC3)c1. The number of carboxylic acids is 1. The van der Waals surface area contributed by atoms with E-state index >= 15 is 0 Å². The monoisotopic (exact) mass is 358 g/mol. The third-order valence-corrected chi connectivity index (χ3v) is 5.50. The molecule has 0 aliphatic heterocycles. The molecule has 4 nitrogen and oxygen atoms in total. The molecule has 1 aliphatic rings. The number of ether oxygens (including phenoxy) is 2. The molecule has 0 saturated carbocycles. The molecule has 0 radical (unpaired) electrons. The second-order valence-corrected chi connectivity index (χ2v) is 7.07. The van der Waals surface area contributed by atoms with Crippen LogP contribution >= 0.6 is 11.8 Å². The van der Waals surface area contributed by atoms with E-state index in [-0.39, 0.29) is 6.61 Å². The average Bonchev–Trinajstić information content (AvgIpc) is 2.65. The fourth-order valence-electron chi connectivity index (χ4n) is 3.13. The zero-order valence-electron chi connectivity index (χ0n) is 14.3. The number of thioether (sulfide) groups is 1. The lowest BCUT2D eigenvalue weighted by molar-refractivity contribution is -0.139. The zero-order valence-corrected chi connectivity index (χ0v) is 15.1. The van der Waals surface area contributed by atoms with Crippen molar-refractivity contribution in [2.45, 2.75) is 36.3 Å². The predicted molar refractivity (Wildman–Crippen MR) is 98.8 cm³/mol. The molecule has 132 valence electrons. The fourth-order valence-corrected chi connectivity index (χ4v) is 4.20. The lowest BCUT2D eigenvalue weighted by Crippen LogP contribution is -2.13. The van der Waals surface area contributed by atoms with E-state index in [0.29, 0.717) is 0 Å². The molecule has 0 heterocycles. The van der Waals surface area contributed by atoms with Crippen LogP contribution in [0.1, 0.15) is 29.5 Å². The Labute approximate surface area is 152 Å². The minimum absolute atomic E-state index is 0.289. The summed E-state index contributed by atoms with van der Waals surface area (Å²) in [7, 11) is 1.68. The van der Waals surface area contributed by atoms with Gasteiger partial charge < -0.3 is 14.6 Å². The Kier molecular flexibility index (Phi) is 5.87. The van der Waals surface area contributed by atoms with Crippen LogP contribution in [0.15, 0.2) is 41.3 Å². The molecule has 0 atom stereocenters. The first-order chi connectivity index (χ1) is 12.2. The lowest BCUT2D eigenvalue weighted by atomic mass is 9.91. The Morgan fingerprint density at radius 3 is 2.72 bits per heavy atom. The van der Waals surface area contributed by atoms with Gasteiger partial charge in [-0.15, -0.1) is 11.8 Å². The summed E-state index contributed by atoms with van der Waals surface area (Å²) in [5.74, 6) is 1.53. The van der Waals surface area contributed by atoms with Crippen molar-refractivity contribution in [1.29, 1.82) is 0 Å². The molecule has 0 bridgehead atoms. The molecule has 0 saturated heterocycles. The van der Waals surface area contributed by atoms with E-state index < -0.39 is 5.97 Å². The number of methoxy groups -OCH3 is 1. The van der Waals surface area contributed by atoms with Gasteiger partial charge >= 0.3 is 5.97 Å². The summed E-state index contributed by atoms with van der Waals surface area (Å²) < 4.78 is 10.8. The number of hydrogen-bond acceptors (Lipinski definition) is 4. The number of rotatable bonds is 7. The largest absolute Gasteiger partial charge is 0.497 e. The van der Waals surface area contributed by atoms with Gasteiger partial charge in [0.25, 0.3) is 0 Å². The van der Waals surface area contributed by atoms with Gasteiger partial charge in [-0.3, -0.25) is 0 Å². The topological polar surface area (TPSA) is 55.8 Å². The number of aliphatic carboxylic acids is 1. The number of carboxylic acid groups (broad SMARTS) is 1. The van der Waals surface area contributed by atoms with Crippen LogP contribution in [0.5, 0.6) is 11.5 Å². The third-order valence-electron chi connectivity index (χ3n) is 4.33. The number of fused-ring (bicyclic) bond motifs is 1. The molecule has 5 heteroatoms. The Balaban J connectivity index is 1.78. The first kappa shape index (κ1) is 17.7. The Bertz CT molecular complexity index is 757. The normalized spacial score (nSPS) is 13.2. The molecule has 1 N–H and O–H groups in total. The minimum atomic E-state index is -0.943. The average molecular weight is 358 g/mol. The molecule has 1 aliphatic carbocycles. The van der Waals surface area contributed by atoms with Crippen molar-refractivity contribution in [3.8, 4) is 11.5 Å². The molecular weight excluding hydrogens is 336 g/mol. The summed E-state index contributed by atoms with van der Waals surface area (Å²) in [6, 6.07) is 12.1. The van der Waals surface area contributed by atoms with E-state index in [2.05, 4.69) is 18.2 Å². The Hall–Kier alpha value is -2.14. The summed E-state index contributed by atoms with van der Waals surface area (Å²) in [6.45, 7) is -0.289. The maximum atomic E-state index is 10.8. The van der Waals surface area contributed by atoms with Crippen molar-refractivity contribution >= 4 is 17.7 Å². The molecule has 25 heavy (non-hydrogen) atoms. The van der Waals surface area contributed by atoms with Crippen LogP contribution in [0.3, 0.4) is 0 Å². The van der Waals surface area contributed by atoms with Gasteiger partial charge in [0.2, 0.25) is 0 Å². The highest BCUT2D eigenvalue weighted by atomic mass is 32.2. The van der Waals surface area contributed by atoms with E-state index in [1.54, 1.807) is 7.11 Å². The highest BCUT2D eigenvalue weighted by molar-refractivity contribution is 7.98. The maximum absolute atomic E-state index is 10.8. The van der Waals surface area contributed by atoms with Gasteiger partial charge in [-0.05, 0) is 66.6 Å². The van der Waals surface area contributed by atoms with Crippen LogP contribution in [-0.4, -0.2) is 24.8 Å². The van der Waals surface area contributed by atoms with Crippen molar-refractivity contribution in [1.82, 2.24) is 0 Å². The van der Waals surface area contributed by atoms with E-state index in [4.69, 9.17) is 14.6 Å². The summed E-state index contributed by atoms with van der Waals surface area (Å²) in [5.41, 5.74) is 3.73. The van der Waals surface area contributed by atoms with Gasteiger partial charge in [0, 0.05) is 10.6 Å². The summed E-state index contributed by atoms with van der Waals surface area (Å²) >= 11 is 1.81. The predicted octanol–water partition coefficient (Wildman–Crippen LogP) is 4.33. The number of carbonyl (C=O) groups is 1.